The third-order valence-electron chi connectivity index (χ3n) is 3.36. The molecule has 1 fully saturated rings. The fourth-order valence-electron chi connectivity index (χ4n) is 2.39. The van der Waals surface area contributed by atoms with Crippen molar-refractivity contribution in [2.45, 2.75) is 55.6 Å². The second kappa shape index (κ2) is 4.71. The second-order valence-electron chi connectivity index (χ2n) is 4.56. The molecule has 2 nitrogen and oxygen atoms in total. The van der Waals surface area contributed by atoms with Crippen molar-refractivity contribution in [1.82, 2.24) is 0 Å². The van der Waals surface area contributed by atoms with Crippen LogP contribution in [0.4, 0.5) is 0 Å². The maximum atomic E-state index is 11.6. The first-order valence-corrected chi connectivity index (χ1v) is 6.75. The Morgan fingerprint density at radius 3 is 2.87 bits per heavy atom. The smallest absolute Gasteiger partial charge is 0.163 e. The van der Waals surface area contributed by atoms with Gasteiger partial charge in [0.05, 0.1) is 11.3 Å². The molecule has 0 saturated carbocycles. The first-order chi connectivity index (χ1) is 7.18. The molecular formula is C12H19NOS. The number of carbonyl (C=O) groups excluding carboxylic acids is 1. The first kappa shape index (κ1) is 11.2. The van der Waals surface area contributed by atoms with Crippen molar-refractivity contribution >= 4 is 17.5 Å². The van der Waals surface area contributed by atoms with Crippen molar-refractivity contribution in [3.8, 4) is 0 Å². The molecule has 1 aliphatic carbocycles. The summed E-state index contributed by atoms with van der Waals surface area (Å²) in [7, 11) is 0. The number of allylic oxidation sites excluding steroid dienone is 2. The maximum absolute atomic E-state index is 11.6. The third-order valence-corrected chi connectivity index (χ3v) is 4.81. The molecule has 84 valence electrons. The maximum Gasteiger partial charge on any atom is 0.163 e. The highest BCUT2D eigenvalue weighted by Gasteiger charge is 2.38. The molecule has 0 bridgehead atoms. The minimum atomic E-state index is -0.229. The molecule has 2 aliphatic rings. The van der Waals surface area contributed by atoms with Gasteiger partial charge in [-0.05, 0) is 39.0 Å². The predicted octanol–water partition coefficient (Wildman–Crippen LogP) is 2.28. The van der Waals surface area contributed by atoms with Crippen molar-refractivity contribution in [2.24, 2.45) is 5.73 Å². The molecule has 3 unspecified atom stereocenters. The molecule has 1 aliphatic heterocycles. The van der Waals surface area contributed by atoms with Gasteiger partial charge in [0.1, 0.15) is 0 Å². The predicted molar refractivity (Wildman–Crippen MR) is 65.0 cm³/mol. The van der Waals surface area contributed by atoms with E-state index in [1.165, 1.54) is 31.3 Å². The van der Waals surface area contributed by atoms with Crippen LogP contribution in [0, 0.1) is 0 Å². The monoisotopic (exact) mass is 225 g/mol. The van der Waals surface area contributed by atoms with E-state index in [9.17, 15) is 4.79 Å². The summed E-state index contributed by atoms with van der Waals surface area (Å²) in [5.41, 5.74) is 7.46. The number of rotatable bonds is 2. The Bertz CT molecular complexity index is 287. The van der Waals surface area contributed by atoms with Crippen molar-refractivity contribution < 1.29 is 4.79 Å². The summed E-state index contributed by atoms with van der Waals surface area (Å²) in [6.07, 6.45) is 8.44. The normalized spacial score (nSPS) is 36.8. The van der Waals surface area contributed by atoms with E-state index in [2.05, 4.69) is 6.08 Å². The van der Waals surface area contributed by atoms with Crippen molar-refractivity contribution in [2.75, 3.05) is 0 Å². The number of thioether (sulfide) groups is 1. The molecular weight excluding hydrogens is 206 g/mol. The molecule has 0 amide bonds. The van der Waals surface area contributed by atoms with Crippen LogP contribution in [-0.2, 0) is 4.79 Å². The highest BCUT2D eigenvalue weighted by molar-refractivity contribution is 8.01. The van der Waals surface area contributed by atoms with Gasteiger partial charge >= 0.3 is 0 Å². The van der Waals surface area contributed by atoms with Gasteiger partial charge in [-0.2, -0.15) is 0 Å². The Balaban J connectivity index is 1.95. The largest absolute Gasteiger partial charge is 0.321 e. The third kappa shape index (κ3) is 2.45. The van der Waals surface area contributed by atoms with Gasteiger partial charge in [-0.1, -0.05) is 11.6 Å². The van der Waals surface area contributed by atoms with E-state index in [4.69, 9.17) is 5.73 Å². The van der Waals surface area contributed by atoms with Crippen LogP contribution in [0.3, 0.4) is 0 Å². The van der Waals surface area contributed by atoms with Crippen LogP contribution in [0.15, 0.2) is 11.6 Å². The molecule has 0 spiro atoms. The van der Waals surface area contributed by atoms with E-state index in [0.29, 0.717) is 5.25 Å². The van der Waals surface area contributed by atoms with Gasteiger partial charge in [0.25, 0.3) is 0 Å². The molecule has 0 aromatic rings. The molecule has 0 radical (unpaired) electrons. The summed E-state index contributed by atoms with van der Waals surface area (Å²) in [6.45, 7) is 1.97. The number of nitrogens with two attached hydrogens (primary N) is 1. The zero-order valence-corrected chi connectivity index (χ0v) is 10.1. The van der Waals surface area contributed by atoms with Crippen LogP contribution >= 0.6 is 11.8 Å². The lowest BCUT2D eigenvalue weighted by atomic mass is 9.93. The number of carbonyl (C=O) groups is 1. The van der Waals surface area contributed by atoms with Gasteiger partial charge in [-0.3, -0.25) is 4.79 Å². The summed E-state index contributed by atoms with van der Waals surface area (Å²) in [6, 6.07) is -0.229. The minimum Gasteiger partial charge on any atom is -0.321 e. The lowest BCUT2D eigenvalue weighted by molar-refractivity contribution is -0.118. The van der Waals surface area contributed by atoms with Gasteiger partial charge in [0, 0.05) is 5.25 Å². The second-order valence-corrected chi connectivity index (χ2v) is 6.14. The van der Waals surface area contributed by atoms with Gasteiger partial charge in [0.2, 0.25) is 0 Å². The summed E-state index contributed by atoms with van der Waals surface area (Å²) in [5, 5.41) is 0.436. The van der Waals surface area contributed by atoms with Gasteiger partial charge in [-0.25, -0.2) is 0 Å². The average molecular weight is 225 g/mol. The van der Waals surface area contributed by atoms with Crippen LogP contribution in [0.2, 0.25) is 0 Å². The topological polar surface area (TPSA) is 43.1 Å². The highest BCUT2D eigenvalue weighted by Crippen LogP contribution is 2.35. The van der Waals surface area contributed by atoms with Crippen LogP contribution in [0.5, 0.6) is 0 Å². The van der Waals surface area contributed by atoms with Crippen LogP contribution in [0.25, 0.3) is 0 Å². The van der Waals surface area contributed by atoms with Crippen molar-refractivity contribution in [3.05, 3.63) is 11.6 Å². The van der Waals surface area contributed by atoms with E-state index in [0.717, 1.165) is 6.42 Å². The number of Topliss-reactive ketones (excluding diaryl/α,β-unsaturated/α-hetero) is 1. The first-order valence-electron chi connectivity index (χ1n) is 5.81. The van der Waals surface area contributed by atoms with E-state index in [1.807, 2.05) is 6.92 Å². The zero-order chi connectivity index (χ0) is 10.8. The molecule has 3 atom stereocenters. The Hall–Kier alpha value is -0.280. The summed E-state index contributed by atoms with van der Waals surface area (Å²) in [4.78, 5) is 11.6. The van der Waals surface area contributed by atoms with Crippen LogP contribution in [0.1, 0.15) is 39.0 Å². The summed E-state index contributed by atoms with van der Waals surface area (Å²) >= 11 is 1.76. The SMILES string of the molecule is CC1SC(CC2=CCCCC2)C(N)C1=O. The Kier molecular flexibility index (Phi) is 3.52. The van der Waals surface area contributed by atoms with Gasteiger partial charge in [-0.15, -0.1) is 11.8 Å². The fraction of sp³-hybridized carbons (Fsp3) is 0.750. The molecule has 2 N–H and O–H groups in total. The quantitative estimate of drug-likeness (QED) is 0.733. The molecule has 0 aromatic carbocycles. The van der Waals surface area contributed by atoms with E-state index >= 15 is 0 Å². The fourth-order valence-corrected chi connectivity index (χ4v) is 3.82. The van der Waals surface area contributed by atoms with Gasteiger partial charge in [0.15, 0.2) is 5.78 Å². The summed E-state index contributed by atoms with van der Waals surface area (Å²) in [5.74, 6) is 0.237. The lowest BCUT2D eigenvalue weighted by Crippen LogP contribution is -2.36. The van der Waals surface area contributed by atoms with E-state index in [-0.39, 0.29) is 17.1 Å². The zero-order valence-electron chi connectivity index (χ0n) is 9.24. The number of ketones is 1. The molecule has 3 heteroatoms. The van der Waals surface area contributed by atoms with Crippen molar-refractivity contribution in [1.29, 1.82) is 0 Å². The number of hydrogen-bond acceptors (Lipinski definition) is 3. The average Bonchev–Trinajstić information content (AvgIpc) is 2.48. The molecule has 15 heavy (non-hydrogen) atoms. The standard InChI is InChI=1S/C12H19NOS/c1-8-12(14)11(13)10(15-8)7-9-5-3-2-4-6-9/h5,8,10-11H,2-4,6-7,13H2,1H3. The van der Waals surface area contributed by atoms with E-state index in [1.54, 1.807) is 11.8 Å². The lowest BCUT2D eigenvalue weighted by Gasteiger charge is -2.18. The van der Waals surface area contributed by atoms with E-state index < -0.39 is 0 Å². The molecule has 0 aromatic heterocycles. The molecule has 2 rings (SSSR count). The molecule has 1 saturated heterocycles. The number of hydrogen-bond donors (Lipinski definition) is 1. The Morgan fingerprint density at radius 1 is 1.53 bits per heavy atom. The van der Waals surface area contributed by atoms with Crippen LogP contribution in [-0.4, -0.2) is 22.3 Å². The highest BCUT2D eigenvalue weighted by atomic mass is 32.2. The molecule has 1 heterocycles. The Morgan fingerprint density at radius 2 is 2.33 bits per heavy atom. The Labute approximate surface area is 95.7 Å². The van der Waals surface area contributed by atoms with Crippen molar-refractivity contribution in [3.63, 3.8) is 0 Å². The minimum absolute atomic E-state index is 0.106. The van der Waals surface area contributed by atoms with Gasteiger partial charge < -0.3 is 5.73 Å². The van der Waals surface area contributed by atoms with Crippen LogP contribution < -0.4 is 5.73 Å². The summed E-state index contributed by atoms with van der Waals surface area (Å²) < 4.78 is 0.